The molecule has 1 amide bonds. The number of ether oxygens (including phenoxy) is 1. The standard InChI is InChI=1S/C14H8ClF4NO2/c15-10-6-8(2-4-12(10)22-14(18)19)20-13(21)9-5-7(16)1-3-11(9)17/h1-6,14H,(H,20,21). The summed E-state index contributed by atoms with van der Waals surface area (Å²) in [6.45, 7) is -3.04. The minimum absolute atomic E-state index is 0.111. The first-order valence-corrected chi connectivity index (χ1v) is 6.25. The van der Waals surface area contributed by atoms with Crippen molar-refractivity contribution in [1.82, 2.24) is 0 Å². The van der Waals surface area contributed by atoms with Gasteiger partial charge in [-0.05, 0) is 36.4 Å². The van der Waals surface area contributed by atoms with Crippen LogP contribution in [0.5, 0.6) is 5.75 Å². The maximum absolute atomic E-state index is 13.5. The van der Waals surface area contributed by atoms with Crippen LogP contribution in [0.3, 0.4) is 0 Å². The Hall–Kier alpha value is -2.28. The van der Waals surface area contributed by atoms with Crippen molar-refractivity contribution in [2.45, 2.75) is 6.61 Å². The Bertz CT molecular complexity index is 709. The van der Waals surface area contributed by atoms with E-state index in [0.29, 0.717) is 0 Å². The number of amides is 1. The molecule has 22 heavy (non-hydrogen) atoms. The van der Waals surface area contributed by atoms with Crippen LogP contribution in [0.1, 0.15) is 10.4 Å². The number of carbonyl (C=O) groups excluding carboxylic acids is 1. The number of alkyl halides is 2. The summed E-state index contributed by atoms with van der Waals surface area (Å²) in [5, 5.41) is 2.11. The number of rotatable bonds is 4. The molecule has 0 radical (unpaired) electrons. The van der Waals surface area contributed by atoms with Gasteiger partial charge in [-0.2, -0.15) is 8.78 Å². The highest BCUT2D eigenvalue weighted by molar-refractivity contribution is 6.32. The summed E-state index contributed by atoms with van der Waals surface area (Å²) in [6.07, 6.45) is 0. The lowest BCUT2D eigenvalue weighted by atomic mass is 10.2. The van der Waals surface area contributed by atoms with Gasteiger partial charge in [0.2, 0.25) is 0 Å². The molecule has 116 valence electrons. The molecule has 0 aliphatic heterocycles. The number of hydrogen-bond donors (Lipinski definition) is 1. The molecule has 0 saturated carbocycles. The van der Waals surface area contributed by atoms with E-state index in [4.69, 9.17) is 11.6 Å². The fourth-order valence-corrected chi connectivity index (χ4v) is 1.87. The lowest BCUT2D eigenvalue weighted by Gasteiger charge is -2.10. The molecule has 3 nitrogen and oxygen atoms in total. The van der Waals surface area contributed by atoms with Crippen LogP contribution in [0, 0.1) is 11.6 Å². The van der Waals surface area contributed by atoms with Gasteiger partial charge in [0.25, 0.3) is 5.91 Å². The Morgan fingerprint density at radius 3 is 2.50 bits per heavy atom. The highest BCUT2D eigenvalue weighted by atomic mass is 35.5. The monoisotopic (exact) mass is 333 g/mol. The van der Waals surface area contributed by atoms with Gasteiger partial charge in [0, 0.05) is 5.69 Å². The molecule has 1 N–H and O–H groups in total. The van der Waals surface area contributed by atoms with Gasteiger partial charge < -0.3 is 10.1 Å². The molecule has 0 saturated heterocycles. The normalized spacial score (nSPS) is 10.6. The summed E-state index contributed by atoms with van der Waals surface area (Å²) >= 11 is 5.72. The van der Waals surface area contributed by atoms with E-state index in [9.17, 15) is 22.4 Å². The van der Waals surface area contributed by atoms with Crippen LogP contribution in [0.4, 0.5) is 23.2 Å². The number of nitrogens with one attached hydrogen (secondary N) is 1. The zero-order chi connectivity index (χ0) is 16.3. The van der Waals surface area contributed by atoms with Crippen molar-refractivity contribution in [2.75, 3.05) is 5.32 Å². The van der Waals surface area contributed by atoms with Gasteiger partial charge in [0.1, 0.15) is 17.4 Å². The van der Waals surface area contributed by atoms with Crippen LogP contribution in [0.15, 0.2) is 36.4 Å². The average molecular weight is 334 g/mol. The average Bonchev–Trinajstić information content (AvgIpc) is 2.44. The Morgan fingerprint density at radius 2 is 1.86 bits per heavy atom. The molecule has 0 bridgehead atoms. The van der Waals surface area contributed by atoms with Gasteiger partial charge in [-0.15, -0.1) is 0 Å². The van der Waals surface area contributed by atoms with Crippen molar-refractivity contribution in [1.29, 1.82) is 0 Å². The van der Waals surface area contributed by atoms with E-state index in [2.05, 4.69) is 10.1 Å². The molecule has 0 aliphatic carbocycles. The largest absolute Gasteiger partial charge is 0.433 e. The molecule has 0 aromatic heterocycles. The molecule has 0 spiro atoms. The highest BCUT2D eigenvalue weighted by Crippen LogP contribution is 2.29. The van der Waals surface area contributed by atoms with Gasteiger partial charge in [-0.3, -0.25) is 4.79 Å². The number of anilines is 1. The minimum atomic E-state index is -3.04. The molecule has 2 rings (SSSR count). The molecule has 0 unspecified atom stereocenters. The van der Waals surface area contributed by atoms with Gasteiger partial charge >= 0.3 is 6.61 Å². The lowest BCUT2D eigenvalue weighted by molar-refractivity contribution is -0.0497. The van der Waals surface area contributed by atoms with Gasteiger partial charge in [-0.25, -0.2) is 8.78 Å². The second kappa shape index (κ2) is 6.65. The molecule has 2 aromatic rings. The minimum Gasteiger partial charge on any atom is -0.433 e. The van der Waals surface area contributed by atoms with Crippen molar-refractivity contribution in [3.8, 4) is 5.75 Å². The van der Waals surface area contributed by atoms with Crippen molar-refractivity contribution in [3.05, 3.63) is 58.6 Å². The first kappa shape index (κ1) is 16.1. The van der Waals surface area contributed by atoms with Crippen molar-refractivity contribution in [2.24, 2.45) is 0 Å². The van der Waals surface area contributed by atoms with E-state index in [0.717, 1.165) is 30.3 Å². The molecule has 0 aliphatic rings. The van der Waals surface area contributed by atoms with Crippen molar-refractivity contribution in [3.63, 3.8) is 0 Å². The summed E-state index contributed by atoms with van der Waals surface area (Å²) in [4.78, 5) is 11.8. The highest BCUT2D eigenvalue weighted by Gasteiger charge is 2.14. The Labute approximate surface area is 127 Å². The molecular formula is C14H8ClF4NO2. The van der Waals surface area contributed by atoms with E-state index in [1.807, 2.05) is 0 Å². The van der Waals surface area contributed by atoms with E-state index >= 15 is 0 Å². The quantitative estimate of drug-likeness (QED) is 0.838. The van der Waals surface area contributed by atoms with Crippen LogP contribution in [-0.4, -0.2) is 12.5 Å². The second-order valence-electron chi connectivity index (χ2n) is 4.10. The van der Waals surface area contributed by atoms with E-state index in [1.54, 1.807) is 0 Å². The van der Waals surface area contributed by atoms with Crippen LogP contribution in [0.2, 0.25) is 5.02 Å². The van der Waals surface area contributed by atoms with Crippen LogP contribution in [-0.2, 0) is 0 Å². The maximum Gasteiger partial charge on any atom is 0.387 e. The Morgan fingerprint density at radius 1 is 1.14 bits per heavy atom. The fourth-order valence-electron chi connectivity index (χ4n) is 1.64. The zero-order valence-corrected chi connectivity index (χ0v) is 11.5. The van der Waals surface area contributed by atoms with Crippen molar-refractivity contribution < 1.29 is 27.1 Å². The molecule has 0 atom stereocenters. The number of benzene rings is 2. The molecule has 0 fully saturated rings. The van der Waals surface area contributed by atoms with Crippen LogP contribution in [0.25, 0.3) is 0 Å². The van der Waals surface area contributed by atoms with Crippen LogP contribution >= 0.6 is 11.6 Å². The van der Waals surface area contributed by atoms with Crippen molar-refractivity contribution >= 4 is 23.2 Å². The number of halogens is 5. The third-order valence-corrected chi connectivity index (χ3v) is 2.87. The summed E-state index contributed by atoms with van der Waals surface area (Å²) in [5.41, 5.74) is -0.385. The summed E-state index contributed by atoms with van der Waals surface area (Å²) in [7, 11) is 0. The van der Waals surface area contributed by atoms with E-state index < -0.39 is 29.7 Å². The second-order valence-corrected chi connectivity index (χ2v) is 4.51. The van der Waals surface area contributed by atoms with Gasteiger partial charge in [0.05, 0.1) is 10.6 Å². The van der Waals surface area contributed by atoms with Crippen LogP contribution < -0.4 is 10.1 Å². The third kappa shape index (κ3) is 3.88. The fraction of sp³-hybridized carbons (Fsp3) is 0.0714. The first-order valence-electron chi connectivity index (χ1n) is 5.87. The zero-order valence-electron chi connectivity index (χ0n) is 10.7. The van der Waals surface area contributed by atoms with E-state index in [-0.39, 0.29) is 16.5 Å². The lowest BCUT2D eigenvalue weighted by Crippen LogP contribution is -2.14. The van der Waals surface area contributed by atoms with Gasteiger partial charge in [-0.1, -0.05) is 11.6 Å². The molecule has 2 aromatic carbocycles. The Balaban J connectivity index is 2.18. The molecule has 8 heteroatoms. The summed E-state index contributed by atoms with van der Waals surface area (Å²) in [6, 6.07) is 5.93. The molecule has 0 heterocycles. The SMILES string of the molecule is O=C(Nc1ccc(OC(F)F)c(Cl)c1)c1cc(F)ccc1F. The Kier molecular flexibility index (Phi) is 4.87. The third-order valence-electron chi connectivity index (χ3n) is 2.58. The predicted molar refractivity (Wildman–Crippen MR) is 72.4 cm³/mol. The maximum atomic E-state index is 13.5. The van der Waals surface area contributed by atoms with Gasteiger partial charge in [0.15, 0.2) is 0 Å². The summed E-state index contributed by atoms with van der Waals surface area (Å²) < 4.78 is 54.8. The first-order chi connectivity index (χ1) is 10.4. The predicted octanol–water partition coefficient (Wildman–Crippen LogP) is 4.47. The number of carbonyl (C=O) groups is 1. The molecular weight excluding hydrogens is 326 g/mol. The topological polar surface area (TPSA) is 38.3 Å². The van der Waals surface area contributed by atoms with E-state index in [1.165, 1.54) is 6.07 Å². The summed E-state index contributed by atoms with van der Waals surface area (Å²) in [5.74, 6) is -2.85. The smallest absolute Gasteiger partial charge is 0.387 e. The number of hydrogen-bond acceptors (Lipinski definition) is 2.